The van der Waals surface area contributed by atoms with Crippen LogP contribution in [0.1, 0.15) is 26.7 Å². The largest absolute Gasteiger partial charge is 0.459 e. The number of hydrogen-bond acceptors (Lipinski definition) is 4. The lowest BCUT2D eigenvalue weighted by atomic mass is 10.0. The van der Waals surface area contributed by atoms with Crippen molar-refractivity contribution in [2.24, 2.45) is 5.92 Å². The number of aliphatic hydroxyl groups is 1. The number of ether oxygens (including phenoxy) is 1. The van der Waals surface area contributed by atoms with Crippen LogP contribution in [0.15, 0.2) is 0 Å². The number of carbonyl (C=O) groups excluding carboxylic acids is 1. The molecule has 2 N–H and O–H groups in total. The van der Waals surface area contributed by atoms with Crippen molar-refractivity contribution in [2.75, 3.05) is 19.7 Å². The molecule has 14 heavy (non-hydrogen) atoms. The molecule has 1 unspecified atom stereocenters. The van der Waals surface area contributed by atoms with Crippen LogP contribution in [0.5, 0.6) is 0 Å². The first-order valence-electron chi connectivity index (χ1n) is 5.09. The highest BCUT2D eigenvalue weighted by Gasteiger charge is 2.29. The van der Waals surface area contributed by atoms with Crippen molar-refractivity contribution in [3.05, 3.63) is 0 Å². The zero-order valence-corrected chi connectivity index (χ0v) is 8.88. The minimum absolute atomic E-state index is 0.00651. The fraction of sp³-hybridized carbons (Fsp3) is 0.900. The topological polar surface area (TPSA) is 58.6 Å². The molecule has 0 bridgehead atoms. The van der Waals surface area contributed by atoms with Crippen molar-refractivity contribution < 1.29 is 14.6 Å². The van der Waals surface area contributed by atoms with E-state index < -0.39 is 5.60 Å². The van der Waals surface area contributed by atoms with Gasteiger partial charge in [-0.25, -0.2) is 0 Å². The molecule has 0 aliphatic carbocycles. The summed E-state index contributed by atoms with van der Waals surface area (Å²) in [4.78, 5) is 11.6. The van der Waals surface area contributed by atoms with Crippen LogP contribution in [0.3, 0.4) is 0 Å². The van der Waals surface area contributed by atoms with Crippen molar-refractivity contribution in [3.63, 3.8) is 0 Å². The van der Waals surface area contributed by atoms with Gasteiger partial charge in [-0.15, -0.1) is 0 Å². The average Bonchev–Trinajstić information content (AvgIpc) is 2.53. The van der Waals surface area contributed by atoms with Crippen LogP contribution >= 0.6 is 0 Å². The Kier molecular flexibility index (Phi) is 3.89. The quantitative estimate of drug-likeness (QED) is 0.642. The molecule has 1 aliphatic heterocycles. The number of nitrogens with one attached hydrogen (secondary N) is 1. The summed E-state index contributed by atoms with van der Waals surface area (Å²) < 4.78 is 5.32. The molecule has 0 aromatic rings. The second-order valence-corrected chi connectivity index (χ2v) is 4.34. The van der Waals surface area contributed by atoms with E-state index >= 15 is 0 Å². The number of carbonyl (C=O) groups is 1. The van der Waals surface area contributed by atoms with Gasteiger partial charge in [-0.1, -0.05) is 0 Å². The van der Waals surface area contributed by atoms with Crippen LogP contribution < -0.4 is 5.32 Å². The number of aliphatic hydroxyl groups excluding tert-OH is 1. The molecule has 0 saturated carbocycles. The first-order chi connectivity index (χ1) is 6.55. The molecule has 1 aliphatic rings. The summed E-state index contributed by atoms with van der Waals surface area (Å²) in [5.74, 6) is -0.151. The number of hydrogen-bond donors (Lipinski definition) is 2. The lowest BCUT2D eigenvalue weighted by molar-refractivity contribution is -0.162. The smallest absolute Gasteiger partial charge is 0.310 e. The van der Waals surface area contributed by atoms with Gasteiger partial charge in [-0.3, -0.25) is 4.79 Å². The molecule has 0 aromatic carbocycles. The van der Waals surface area contributed by atoms with E-state index in [0.29, 0.717) is 13.0 Å². The zero-order chi connectivity index (χ0) is 10.6. The van der Waals surface area contributed by atoms with E-state index in [4.69, 9.17) is 9.84 Å². The van der Waals surface area contributed by atoms with E-state index in [-0.39, 0.29) is 18.5 Å². The lowest BCUT2D eigenvalue weighted by Gasteiger charge is -2.25. The monoisotopic (exact) mass is 201 g/mol. The Morgan fingerprint density at radius 2 is 2.36 bits per heavy atom. The second kappa shape index (κ2) is 4.75. The summed E-state index contributed by atoms with van der Waals surface area (Å²) in [6.45, 7) is 5.30. The lowest BCUT2D eigenvalue weighted by Crippen LogP contribution is -2.33. The summed E-state index contributed by atoms with van der Waals surface area (Å²) >= 11 is 0. The van der Waals surface area contributed by atoms with E-state index in [1.54, 1.807) is 0 Å². The van der Waals surface area contributed by atoms with Gasteiger partial charge in [-0.2, -0.15) is 0 Å². The summed E-state index contributed by atoms with van der Waals surface area (Å²) in [5, 5.41) is 11.9. The fourth-order valence-electron chi connectivity index (χ4n) is 1.53. The van der Waals surface area contributed by atoms with Crippen LogP contribution in [-0.4, -0.2) is 36.4 Å². The molecule has 1 saturated heterocycles. The predicted octanol–water partition coefficient (Wildman–Crippen LogP) is 0.300. The number of rotatable bonds is 4. The molecule has 0 radical (unpaired) electrons. The highest BCUT2D eigenvalue weighted by Crippen LogP contribution is 2.18. The zero-order valence-electron chi connectivity index (χ0n) is 8.88. The molecule has 1 atom stereocenters. The van der Waals surface area contributed by atoms with Crippen LogP contribution in [-0.2, 0) is 9.53 Å². The first-order valence-corrected chi connectivity index (χ1v) is 5.09. The van der Waals surface area contributed by atoms with Crippen LogP contribution in [0.25, 0.3) is 0 Å². The normalized spacial score (nSPS) is 22.4. The van der Waals surface area contributed by atoms with Crippen LogP contribution in [0.2, 0.25) is 0 Å². The maximum atomic E-state index is 11.6. The number of esters is 1. The van der Waals surface area contributed by atoms with E-state index in [1.165, 1.54) is 0 Å². The van der Waals surface area contributed by atoms with Gasteiger partial charge in [-0.05, 0) is 26.8 Å². The van der Waals surface area contributed by atoms with Gasteiger partial charge in [0.05, 0.1) is 5.92 Å². The Morgan fingerprint density at radius 3 is 2.86 bits per heavy atom. The minimum atomic E-state index is -0.547. The molecular weight excluding hydrogens is 182 g/mol. The highest BCUT2D eigenvalue weighted by atomic mass is 16.6. The van der Waals surface area contributed by atoms with Gasteiger partial charge < -0.3 is 15.2 Å². The van der Waals surface area contributed by atoms with Crippen LogP contribution in [0, 0.1) is 5.92 Å². The third kappa shape index (κ3) is 3.27. The molecule has 1 fully saturated rings. The van der Waals surface area contributed by atoms with E-state index in [1.807, 2.05) is 13.8 Å². The highest BCUT2D eigenvalue weighted by molar-refractivity contribution is 5.73. The van der Waals surface area contributed by atoms with E-state index in [9.17, 15) is 4.79 Å². The van der Waals surface area contributed by atoms with Gasteiger partial charge in [0.1, 0.15) is 5.60 Å². The summed E-state index contributed by atoms with van der Waals surface area (Å²) in [5.41, 5.74) is -0.547. The molecule has 0 spiro atoms. The third-order valence-electron chi connectivity index (χ3n) is 2.48. The van der Waals surface area contributed by atoms with Gasteiger partial charge in [0.2, 0.25) is 0 Å². The molecule has 0 aromatic heterocycles. The van der Waals surface area contributed by atoms with Gasteiger partial charge in [0.15, 0.2) is 0 Å². The Labute approximate surface area is 84.6 Å². The summed E-state index contributed by atoms with van der Waals surface area (Å²) in [6.07, 6.45) is 1.34. The average molecular weight is 201 g/mol. The predicted molar refractivity (Wildman–Crippen MR) is 52.9 cm³/mol. The Hall–Kier alpha value is -0.610. The molecule has 1 rings (SSSR count). The molecule has 82 valence electrons. The van der Waals surface area contributed by atoms with Crippen molar-refractivity contribution in [1.29, 1.82) is 0 Å². The molecule has 4 nitrogen and oxygen atoms in total. The first kappa shape index (κ1) is 11.5. The van der Waals surface area contributed by atoms with Crippen LogP contribution in [0.4, 0.5) is 0 Å². The fourth-order valence-corrected chi connectivity index (χ4v) is 1.53. The van der Waals surface area contributed by atoms with Crippen molar-refractivity contribution in [1.82, 2.24) is 5.32 Å². The Balaban J connectivity index is 2.38. The maximum Gasteiger partial charge on any atom is 0.310 e. The SMILES string of the molecule is CC(C)(CCO)OC(=O)C1CCNC1. The summed E-state index contributed by atoms with van der Waals surface area (Å²) in [6, 6.07) is 0. The second-order valence-electron chi connectivity index (χ2n) is 4.34. The van der Waals surface area contributed by atoms with Crippen molar-refractivity contribution >= 4 is 5.97 Å². The Morgan fingerprint density at radius 1 is 1.64 bits per heavy atom. The standard InChI is InChI=1S/C10H19NO3/c1-10(2,4-6-12)14-9(13)8-3-5-11-7-8/h8,11-12H,3-7H2,1-2H3. The van der Waals surface area contributed by atoms with Gasteiger partial charge >= 0.3 is 5.97 Å². The van der Waals surface area contributed by atoms with Gasteiger partial charge in [0, 0.05) is 19.6 Å². The summed E-state index contributed by atoms with van der Waals surface area (Å²) in [7, 11) is 0. The molecule has 1 heterocycles. The van der Waals surface area contributed by atoms with E-state index in [0.717, 1.165) is 13.0 Å². The molecule has 0 amide bonds. The van der Waals surface area contributed by atoms with Crippen molar-refractivity contribution in [3.8, 4) is 0 Å². The molecule has 4 heteroatoms. The van der Waals surface area contributed by atoms with Gasteiger partial charge in [0.25, 0.3) is 0 Å². The van der Waals surface area contributed by atoms with Crippen molar-refractivity contribution in [2.45, 2.75) is 32.3 Å². The minimum Gasteiger partial charge on any atom is -0.459 e. The van der Waals surface area contributed by atoms with E-state index in [2.05, 4.69) is 5.32 Å². The maximum absolute atomic E-state index is 11.6. The third-order valence-corrected chi connectivity index (χ3v) is 2.48. The molecular formula is C10H19NO3. The Bertz CT molecular complexity index is 198.